The molecule has 0 amide bonds. The summed E-state index contributed by atoms with van der Waals surface area (Å²) in [6.07, 6.45) is 1.07. The van der Waals surface area contributed by atoms with E-state index in [4.69, 9.17) is 0 Å². The second-order valence-corrected chi connectivity index (χ2v) is 6.02. The maximum atomic E-state index is 4.53. The van der Waals surface area contributed by atoms with E-state index < -0.39 is 0 Å². The van der Waals surface area contributed by atoms with E-state index in [0.717, 1.165) is 46.1 Å². The zero-order valence-corrected chi connectivity index (χ0v) is 14.5. The van der Waals surface area contributed by atoms with Crippen molar-refractivity contribution in [1.82, 2.24) is 9.97 Å². The van der Waals surface area contributed by atoms with E-state index in [1.165, 1.54) is 5.56 Å². The summed E-state index contributed by atoms with van der Waals surface area (Å²) in [5.74, 6) is 2.52. The van der Waals surface area contributed by atoms with Crippen molar-refractivity contribution in [3.63, 3.8) is 0 Å². The molecule has 0 saturated carbocycles. The van der Waals surface area contributed by atoms with Crippen molar-refractivity contribution in [2.24, 2.45) is 0 Å². The molecule has 0 bridgehead atoms. The van der Waals surface area contributed by atoms with Crippen molar-refractivity contribution >= 4 is 33.3 Å². The first-order valence-electron chi connectivity index (χ1n) is 7.13. The number of rotatable bonds is 5. The molecule has 1 aromatic carbocycles. The summed E-state index contributed by atoms with van der Waals surface area (Å²) in [5.41, 5.74) is 3.26. The van der Waals surface area contributed by atoms with Crippen LogP contribution in [0.25, 0.3) is 0 Å². The Labute approximate surface area is 134 Å². The number of aryl methyl sites for hydroxylation is 2. The zero-order chi connectivity index (χ0) is 15.4. The fourth-order valence-electron chi connectivity index (χ4n) is 2.06. The molecule has 21 heavy (non-hydrogen) atoms. The van der Waals surface area contributed by atoms with Gasteiger partial charge in [-0.15, -0.1) is 0 Å². The highest BCUT2D eigenvalue weighted by Crippen LogP contribution is 2.27. The number of aromatic nitrogens is 2. The number of halogens is 1. The topological polar surface area (TPSA) is 49.8 Å². The third-order valence-corrected chi connectivity index (χ3v) is 3.73. The van der Waals surface area contributed by atoms with Crippen molar-refractivity contribution in [2.45, 2.75) is 34.1 Å². The quantitative estimate of drug-likeness (QED) is 0.819. The number of hydrogen-bond acceptors (Lipinski definition) is 4. The Kier molecular flexibility index (Phi) is 5.17. The molecule has 2 N–H and O–H groups in total. The summed E-state index contributed by atoms with van der Waals surface area (Å²) < 4.78 is 1.08. The molecule has 4 nitrogen and oxygen atoms in total. The molecule has 2 rings (SSSR count). The minimum atomic E-state index is 0.761. The van der Waals surface area contributed by atoms with Gasteiger partial charge in [-0.25, -0.2) is 9.97 Å². The molecule has 1 heterocycles. The number of benzene rings is 1. The third kappa shape index (κ3) is 3.94. The Bertz CT molecular complexity index is 640. The molecule has 0 aliphatic rings. The number of nitrogens with zero attached hydrogens (tertiary/aromatic N) is 2. The zero-order valence-electron chi connectivity index (χ0n) is 12.9. The van der Waals surface area contributed by atoms with Crippen LogP contribution in [0.4, 0.5) is 17.3 Å². The van der Waals surface area contributed by atoms with Gasteiger partial charge >= 0.3 is 0 Å². The molecule has 0 spiro atoms. The smallest absolute Gasteiger partial charge is 0.139 e. The van der Waals surface area contributed by atoms with Crippen LogP contribution in [0.3, 0.4) is 0 Å². The fourth-order valence-corrected chi connectivity index (χ4v) is 2.54. The lowest BCUT2D eigenvalue weighted by Gasteiger charge is -2.15. The second-order valence-electron chi connectivity index (χ2n) is 5.10. The van der Waals surface area contributed by atoms with Crippen molar-refractivity contribution in [2.75, 3.05) is 17.2 Å². The maximum Gasteiger partial charge on any atom is 0.139 e. The molecule has 0 unspecified atom stereocenters. The Morgan fingerprint density at radius 1 is 1.10 bits per heavy atom. The molecular formula is C16H21BrN4. The Morgan fingerprint density at radius 3 is 2.48 bits per heavy atom. The van der Waals surface area contributed by atoms with Crippen LogP contribution in [-0.4, -0.2) is 16.5 Å². The molecule has 112 valence electrons. The third-order valence-electron chi connectivity index (χ3n) is 3.24. The van der Waals surface area contributed by atoms with E-state index in [-0.39, 0.29) is 0 Å². The van der Waals surface area contributed by atoms with Crippen LogP contribution in [0, 0.1) is 20.8 Å². The Hall–Kier alpha value is -1.62. The van der Waals surface area contributed by atoms with Crippen LogP contribution in [0.15, 0.2) is 22.7 Å². The highest BCUT2D eigenvalue weighted by Gasteiger charge is 2.10. The molecule has 2 aromatic rings. The molecule has 0 fully saturated rings. The average molecular weight is 349 g/mol. The fraction of sp³-hybridized carbons (Fsp3) is 0.375. The number of anilines is 3. The van der Waals surface area contributed by atoms with Gasteiger partial charge in [-0.05, 0) is 51.0 Å². The highest BCUT2D eigenvalue weighted by atomic mass is 79.9. The first-order chi connectivity index (χ1) is 10.0. The van der Waals surface area contributed by atoms with Crippen LogP contribution < -0.4 is 10.6 Å². The van der Waals surface area contributed by atoms with Gasteiger partial charge < -0.3 is 10.6 Å². The number of hydrogen-bond donors (Lipinski definition) is 2. The van der Waals surface area contributed by atoms with Gasteiger partial charge in [0.2, 0.25) is 0 Å². The van der Waals surface area contributed by atoms with Crippen molar-refractivity contribution in [3.8, 4) is 0 Å². The van der Waals surface area contributed by atoms with E-state index in [1.54, 1.807) is 0 Å². The van der Waals surface area contributed by atoms with Gasteiger partial charge in [-0.1, -0.05) is 22.9 Å². The Balaban J connectivity index is 2.32. The highest BCUT2D eigenvalue weighted by molar-refractivity contribution is 9.10. The van der Waals surface area contributed by atoms with Crippen LogP contribution >= 0.6 is 15.9 Å². The lowest BCUT2D eigenvalue weighted by molar-refractivity contribution is 0.948. The van der Waals surface area contributed by atoms with Gasteiger partial charge in [0.25, 0.3) is 0 Å². The first-order valence-corrected chi connectivity index (χ1v) is 7.93. The predicted molar refractivity (Wildman–Crippen MR) is 92.4 cm³/mol. The van der Waals surface area contributed by atoms with Gasteiger partial charge in [0.1, 0.15) is 17.5 Å². The summed E-state index contributed by atoms with van der Waals surface area (Å²) in [7, 11) is 0. The largest absolute Gasteiger partial charge is 0.370 e. The van der Waals surface area contributed by atoms with Crippen LogP contribution in [0.2, 0.25) is 0 Å². The van der Waals surface area contributed by atoms with Crippen molar-refractivity contribution < 1.29 is 0 Å². The van der Waals surface area contributed by atoms with Gasteiger partial charge in [0.15, 0.2) is 0 Å². The molecular weight excluding hydrogens is 328 g/mol. The minimum absolute atomic E-state index is 0.761. The van der Waals surface area contributed by atoms with Crippen molar-refractivity contribution in [1.29, 1.82) is 0 Å². The van der Waals surface area contributed by atoms with Crippen molar-refractivity contribution in [3.05, 3.63) is 39.6 Å². The van der Waals surface area contributed by atoms with E-state index in [0.29, 0.717) is 0 Å². The van der Waals surface area contributed by atoms with Crippen LogP contribution in [0.5, 0.6) is 0 Å². The normalized spacial score (nSPS) is 10.5. The van der Waals surface area contributed by atoms with Gasteiger partial charge in [-0.2, -0.15) is 0 Å². The molecule has 0 atom stereocenters. The lowest BCUT2D eigenvalue weighted by atomic mass is 10.2. The molecule has 0 aliphatic carbocycles. The molecule has 5 heteroatoms. The van der Waals surface area contributed by atoms with E-state index in [9.17, 15) is 0 Å². The lowest BCUT2D eigenvalue weighted by Crippen LogP contribution is -2.09. The maximum absolute atomic E-state index is 4.53. The Morgan fingerprint density at radius 2 is 1.81 bits per heavy atom. The molecule has 0 saturated heterocycles. The summed E-state index contributed by atoms with van der Waals surface area (Å²) >= 11 is 3.48. The van der Waals surface area contributed by atoms with E-state index in [1.807, 2.05) is 19.9 Å². The van der Waals surface area contributed by atoms with Crippen LogP contribution in [0.1, 0.15) is 30.3 Å². The summed E-state index contributed by atoms with van der Waals surface area (Å²) in [4.78, 5) is 9.01. The van der Waals surface area contributed by atoms with Crippen LogP contribution in [-0.2, 0) is 0 Å². The van der Waals surface area contributed by atoms with E-state index in [2.05, 4.69) is 62.5 Å². The number of nitrogens with one attached hydrogen (secondary N) is 2. The molecule has 0 radical (unpaired) electrons. The summed E-state index contributed by atoms with van der Waals surface area (Å²) in [5, 5.41) is 6.77. The van der Waals surface area contributed by atoms with E-state index >= 15 is 0 Å². The van der Waals surface area contributed by atoms with Gasteiger partial charge in [0, 0.05) is 22.3 Å². The second kappa shape index (κ2) is 6.89. The predicted octanol–water partition coefficient (Wildman–Crippen LogP) is 4.73. The SMILES string of the molecule is CCCNc1nc(C)nc(Nc2ccc(Br)cc2C)c1C. The summed E-state index contributed by atoms with van der Waals surface area (Å²) in [6.45, 7) is 9.08. The standard InChI is InChI=1S/C16H21BrN4/c1-5-8-18-15-11(3)16(20-12(4)19-15)21-14-7-6-13(17)9-10(14)2/h6-7,9H,5,8H2,1-4H3,(H2,18,19,20,21). The monoisotopic (exact) mass is 348 g/mol. The molecule has 1 aromatic heterocycles. The molecule has 0 aliphatic heterocycles. The summed E-state index contributed by atoms with van der Waals surface area (Å²) in [6, 6.07) is 6.16. The average Bonchev–Trinajstić information content (AvgIpc) is 2.43. The first kappa shape index (κ1) is 15.8. The minimum Gasteiger partial charge on any atom is -0.370 e. The van der Waals surface area contributed by atoms with Gasteiger partial charge in [-0.3, -0.25) is 0 Å². The van der Waals surface area contributed by atoms with Gasteiger partial charge in [0.05, 0.1) is 0 Å².